The average molecular weight is 380 g/mol. The van der Waals surface area contributed by atoms with Crippen LogP contribution in [0.3, 0.4) is 0 Å². The molecular formula is C16H16N2O5S2. The number of carbonyl (C=O) groups excluding carboxylic acids is 1. The summed E-state index contributed by atoms with van der Waals surface area (Å²) in [6, 6.07) is 9.81. The number of rotatable bonds is 3. The number of amides is 1. The van der Waals surface area contributed by atoms with Crippen LogP contribution in [0.25, 0.3) is 10.8 Å². The fourth-order valence-corrected chi connectivity index (χ4v) is 6.78. The van der Waals surface area contributed by atoms with Gasteiger partial charge in [0.25, 0.3) is 10.0 Å². The number of nitrogens with zero attached hydrogens (tertiary/aromatic N) is 1. The molecule has 1 fully saturated rings. The Kier molecular flexibility index (Phi) is 3.55. The van der Waals surface area contributed by atoms with Gasteiger partial charge in [-0.1, -0.05) is 24.3 Å². The Balaban J connectivity index is 1.62. The molecular weight excluding hydrogens is 364 g/mol. The second kappa shape index (κ2) is 5.43. The highest BCUT2D eigenvalue weighted by molar-refractivity contribution is 7.93. The van der Waals surface area contributed by atoms with Gasteiger partial charge in [0.2, 0.25) is 5.91 Å². The summed E-state index contributed by atoms with van der Waals surface area (Å²) in [6.07, 6.45) is 0.358. The lowest BCUT2D eigenvalue weighted by Gasteiger charge is -2.19. The maximum Gasteiger partial charge on any atom is 0.265 e. The van der Waals surface area contributed by atoms with Gasteiger partial charge in [-0.05, 0) is 23.9 Å². The van der Waals surface area contributed by atoms with Crippen molar-refractivity contribution >= 4 is 42.2 Å². The van der Waals surface area contributed by atoms with Crippen LogP contribution in [-0.4, -0.2) is 46.8 Å². The first-order valence-corrected chi connectivity index (χ1v) is 11.1. The minimum absolute atomic E-state index is 0.0463. The van der Waals surface area contributed by atoms with Crippen molar-refractivity contribution in [3.63, 3.8) is 0 Å². The number of benzene rings is 2. The van der Waals surface area contributed by atoms with Crippen molar-refractivity contribution < 1.29 is 21.6 Å². The topological polar surface area (TPSA) is 101 Å². The first-order valence-electron chi connectivity index (χ1n) is 7.82. The van der Waals surface area contributed by atoms with E-state index in [2.05, 4.69) is 5.32 Å². The van der Waals surface area contributed by atoms with E-state index in [4.69, 9.17) is 0 Å². The number of sulfone groups is 1. The number of sulfonamides is 1. The summed E-state index contributed by atoms with van der Waals surface area (Å²) in [5.74, 6) is -0.554. The Morgan fingerprint density at radius 3 is 2.52 bits per heavy atom. The van der Waals surface area contributed by atoms with Gasteiger partial charge in [0.05, 0.1) is 22.1 Å². The van der Waals surface area contributed by atoms with Crippen LogP contribution in [0.2, 0.25) is 0 Å². The van der Waals surface area contributed by atoms with Crippen LogP contribution in [0.15, 0.2) is 41.3 Å². The molecule has 9 heteroatoms. The SMILES string of the molecule is O=C(CN1c2cccc3cccc(c23)S1(=O)=O)NC1CCS(=O)(=O)C1. The van der Waals surface area contributed by atoms with Crippen LogP contribution < -0.4 is 9.62 Å². The summed E-state index contributed by atoms with van der Waals surface area (Å²) >= 11 is 0. The lowest BCUT2D eigenvalue weighted by Crippen LogP contribution is -2.43. The van der Waals surface area contributed by atoms with E-state index in [0.717, 1.165) is 9.69 Å². The van der Waals surface area contributed by atoms with Crippen molar-refractivity contribution in [1.82, 2.24) is 5.32 Å². The monoisotopic (exact) mass is 380 g/mol. The average Bonchev–Trinajstić information content (AvgIpc) is 2.99. The van der Waals surface area contributed by atoms with E-state index in [1.807, 2.05) is 12.1 Å². The predicted molar refractivity (Wildman–Crippen MR) is 93.7 cm³/mol. The Hall–Kier alpha value is -2.13. The van der Waals surface area contributed by atoms with E-state index < -0.39 is 31.8 Å². The first kappa shape index (κ1) is 16.3. The van der Waals surface area contributed by atoms with Gasteiger partial charge in [-0.15, -0.1) is 0 Å². The Morgan fingerprint density at radius 2 is 1.84 bits per heavy atom. The predicted octanol–water partition coefficient (Wildman–Crippen LogP) is 0.652. The molecule has 2 aromatic carbocycles. The Morgan fingerprint density at radius 1 is 1.12 bits per heavy atom. The van der Waals surface area contributed by atoms with E-state index in [0.29, 0.717) is 17.5 Å². The summed E-state index contributed by atoms with van der Waals surface area (Å²) in [5, 5.41) is 4.04. The first-order chi connectivity index (χ1) is 11.8. The zero-order valence-electron chi connectivity index (χ0n) is 13.2. The largest absolute Gasteiger partial charge is 0.351 e. The van der Waals surface area contributed by atoms with Crippen molar-refractivity contribution in [2.75, 3.05) is 22.4 Å². The molecule has 1 saturated heterocycles. The van der Waals surface area contributed by atoms with Crippen molar-refractivity contribution in [2.24, 2.45) is 0 Å². The smallest absolute Gasteiger partial charge is 0.265 e. The van der Waals surface area contributed by atoms with Crippen molar-refractivity contribution in [3.8, 4) is 0 Å². The van der Waals surface area contributed by atoms with Crippen LogP contribution in [0, 0.1) is 0 Å². The molecule has 0 aliphatic carbocycles. The van der Waals surface area contributed by atoms with Gasteiger partial charge in [0.1, 0.15) is 6.54 Å². The minimum atomic E-state index is -3.80. The van der Waals surface area contributed by atoms with Crippen LogP contribution in [0.4, 0.5) is 5.69 Å². The highest BCUT2D eigenvalue weighted by atomic mass is 32.2. The summed E-state index contributed by atoms with van der Waals surface area (Å²) in [5.41, 5.74) is 0.474. The number of hydrogen-bond acceptors (Lipinski definition) is 5. The molecule has 0 spiro atoms. The molecule has 0 radical (unpaired) electrons. The molecule has 25 heavy (non-hydrogen) atoms. The van der Waals surface area contributed by atoms with Crippen LogP contribution in [0.1, 0.15) is 6.42 Å². The third-order valence-electron chi connectivity index (χ3n) is 4.57. The summed E-state index contributed by atoms with van der Waals surface area (Å²) in [6.45, 7) is -0.368. The van der Waals surface area contributed by atoms with Gasteiger partial charge in [0, 0.05) is 11.4 Å². The lowest BCUT2D eigenvalue weighted by atomic mass is 10.1. The second-order valence-electron chi connectivity index (χ2n) is 6.31. The molecule has 2 aliphatic rings. The Labute approximate surface area is 145 Å². The summed E-state index contributed by atoms with van der Waals surface area (Å²) in [7, 11) is -6.91. The standard InChI is InChI=1S/C16H16N2O5S2/c19-15(17-12-7-8-24(20,21)10-12)9-18-13-5-1-3-11-4-2-6-14(16(11)13)25(18,22)23/h1-6,12H,7-10H2,(H,17,19). The zero-order chi connectivity index (χ0) is 17.8. The van der Waals surface area contributed by atoms with E-state index in [-0.39, 0.29) is 22.9 Å². The van der Waals surface area contributed by atoms with Gasteiger partial charge in [-0.2, -0.15) is 0 Å². The maximum atomic E-state index is 12.8. The van der Waals surface area contributed by atoms with Crippen LogP contribution in [0.5, 0.6) is 0 Å². The van der Waals surface area contributed by atoms with Gasteiger partial charge in [0.15, 0.2) is 9.84 Å². The molecule has 2 aromatic rings. The summed E-state index contributed by atoms with van der Waals surface area (Å²) < 4.78 is 49.6. The van der Waals surface area contributed by atoms with E-state index in [9.17, 15) is 21.6 Å². The molecule has 4 rings (SSSR count). The van der Waals surface area contributed by atoms with Gasteiger partial charge in [-0.3, -0.25) is 9.10 Å². The third-order valence-corrected chi connectivity index (χ3v) is 8.14. The molecule has 1 N–H and O–H groups in total. The fourth-order valence-electron chi connectivity index (χ4n) is 3.44. The van der Waals surface area contributed by atoms with E-state index in [1.54, 1.807) is 18.2 Å². The van der Waals surface area contributed by atoms with Gasteiger partial charge < -0.3 is 5.32 Å². The minimum Gasteiger partial charge on any atom is -0.351 e. The van der Waals surface area contributed by atoms with Gasteiger partial charge >= 0.3 is 0 Å². The number of anilines is 1. The maximum absolute atomic E-state index is 12.8. The van der Waals surface area contributed by atoms with Crippen molar-refractivity contribution in [1.29, 1.82) is 0 Å². The van der Waals surface area contributed by atoms with E-state index >= 15 is 0 Å². The van der Waals surface area contributed by atoms with E-state index in [1.165, 1.54) is 6.07 Å². The van der Waals surface area contributed by atoms with Crippen LogP contribution in [-0.2, 0) is 24.7 Å². The highest BCUT2D eigenvalue weighted by Gasteiger charge is 2.37. The highest BCUT2D eigenvalue weighted by Crippen LogP contribution is 2.41. The fraction of sp³-hybridized carbons (Fsp3) is 0.312. The molecule has 2 aliphatic heterocycles. The summed E-state index contributed by atoms with van der Waals surface area (Å²) in [4.78, 5) is 12.5. The third kappa shape index (κ3) is 2.67. The number of carbonyl (C=O) groups is 1. The molecule has 7 nitrogen and oxygen atoms in total. The van der Waals surface area contributed by atoms with Crippen molar-refractivity contribution in [2.45, 2.75) is 17.4 Å². The molecule has 2 heterocycles. The van der Waals surface area contributed by atoms with Crippen LogP contribution >= 0.6 is 0 Å². The number of nitrogens with one attached hydrogen (secondary N) is 1. The molecule has 1 amide bonds. The van der Waals surface area contributed by atoms with Crippen molar-refractivity contribution in [3.05, 3.63) is 36.4 Å². The Bertz CT molecular complexity index is 1090. The normalized spacial score (nSPS) is 23.0. The molecule has 132 valence electrons. The quantitative estimate of drug-likeness (QED) is 0.843. The number of hydrogen-bond donors (Lipinski definition) is 1. The molecule has 0 saturated carbocycles. The second-order valence-corrected chi connectivity index (χ2v) is 10.4. The molecule has 1 atom stereocenters. The molecule has 1 unspecified atom stereocenters. The molecule has 0 aromatic heterocycles. The van der Waals surface area contributed by atoms with Gasteiger partial charge in [-0.25, -0.2) is 16.8 Å². The zero-order valence-corrected chi connectivity index (χ0v) is 14.8. The lowest BCUT2D eigenvalue weighted by molar-refractivity contribution is -0.120. The molecule has 0 bridgehead atoms.